The van der Waals surface area contributed by atoms with Gasteiger partial charge in [-0.05, 0) is 79.6 Å². The summed E-state index contributed by atoms with van der Waals surface area (Å²) >= 11 is 5.93. The maximum atomic E-state index is 13.5. The maximum absolute atomic E-state index is 13.5. The molecule has 10 heteroatoms. The van der Waals surface area contributed by atoms with Crippen LogP contribution < -0.4 is 23.8 Å². The first-order valence-corrected chi connectivity index (χ1v) is 13.1. The summed E-state index contributed by atoms with van der Waals surface area (Å²) < 4.78 is 44.0. The third kappa shape index (κ3) is 6.83. The van der Waals surface area contributed by atoms with Gasteiger partial charge in [-0.15, -0.1) is 0 Å². The van der Waals surface area contributed by atoms with E-state index in [1.807, 2.05) is 19.1 Å². The van der Waals surface area contributed by atoms with Crippen LogP contribution in [0.4, 0.5) is 5.69 Å². The summed E-state index contributed by atoms with van der Waals surface area (Å²) in [4.78, 5) is 12.9. The number of anilines is 1. The number of rotatable bonds is 12. The van der Waals surface area contributed by atoms with E-state index in [1.165, 1.54) is 24.3 Å². The zero-order chi connectivity index (χ0) is 26.1. The van der Waals surface area contributed by atoms with Crippen molar-refractivity contribution in [2.45, 2.75) is 18.2 Å². The number of ether oxygens (including phenoxy) is 3. The molecule has 192 valence electrons. The summed E-state index contributed by atoms with van der Waals surface area (Å²) in [5, 5.41) is 3.21. The van der Waals surface area contributed by atoms with E-state index in [0.29, 0.717) is 47.5 Å². The van der Waals surface area contributed by atoms with Crippen molar-refractivity contribution in [1.82, 2.24) is 5.32 Å². The molecule has 0 spiro atoms. The van der Waals surface area contributed by atoms with Crippen molar-refractivity contribution < 1.29 is 27.4 Å². The van der Waals surface area contributed by atoms with Crippen LogP contribution in [0.2, 0.25) is 5.02 Å². The molecule has 1 N–H and O–H groups in total. The molecule has 0 saturated carbocycles. The van der Waals surface area contributed by atoms with Crippen molar-refractivity contribution in [1.29, 1.82) is 0 Å². The molecule has 3 aromatic rings. The zero-order valence-electron chi connectivity index (χ0n) is 20.4. The van der Waals surface area contributed by atoms with Crippen LogP contribution in [-0.2, 0) is 21.2 Å². The average Bonchev–Trinajstić information content (AvgIpc) is 2.88. The van der Waals surface area contributed by atoms with Gasteiger partial charge >= 0.3 is 0 Å². The molecule has 0 aliphatic heterocycles. The van der Waals surface area contributed by atoms with Crippen LogP contribution >= 0.6 is 11.6 Å². The van der Waals surface area contributed by atoms with Gasteiger partial charge in [0.15, 0.2) is 11.5 Å². The second-order valence-corrected chi connectivity index (χ2v) is 9.98. The van der Waals surface area contributed by atoms with Crippen LogP contribution in [0.5, 0.6) is 17.2 Å². The average molecular weight is 533 g/mol. The van der Waals surface area contributed by atoms with Crippen molar-refractivity contribution in [3.63, 3.8) is 0 Å². The quantitative estimate of drug-likeness (QED) is 0.373. The first-order chi connectivity index (χ1) is 17.3. The Balaban J connectivity index is 1.76. The molecule has 36 heavy (non-hydrogen) atoms. The molecule has 0 aliphatic rings. The highest BCUT2D eigenvalue weighted by Gasteiger charge is 2.27. The van der Waals surface area contributed by atoms with Crippen LogP contribution in [0, 0.1) is 0 Å². The van der Waals surface area contributed by atoms with E-state index in [2.05, 4.69) is 5.32 Å². The van der Waals surface area contributed by atoms with Crippen LogP contribution in [0.3, 0.4) is 0 Å². The van der Waals surface area contributed by atoms with Gasteiger partial charge in [0, 0.05) is 11.6 Å². The Morgan fingerprint density at radius 2 is 1.61 bits per heavy atom. The summed E-state index contributed by atoms with van der Waals surface area (Å²) in [7, 11) is -0.925. The number of amides is 1. The van der Waals surface area contributed by atoms with Gasteiger partial charge in [0.2, 0.25) is 5.91 Å². The highest BCUT2D eigenvalue weighted by Crippen LogP contribution is 2.28. The van der Waals surface area contributed by atoms with Gasteiger partial charge in [-0.25, -0.2) is 8.42 Å². The molecular formula is C26H29ClN2O6S. The maximum Gasteiger partial charge on any atom is 0.264 e. The van der Waals surface area contributed by atoms with Gasteiger partial charge in [0.05, 0.1) is 31.4 Å². The normalized spacial score (nSPS) is 11.0. The molecule has 1 amide bonds. The molecule has 0 bridgehead atoms. The Kier molecular flexibility index (Phi) is 9.44. The van der Waals surface area contributed by atoms with Crippen LogP contribution in [0.1, 0.15) is 12.5 Å². The Labute approximate surface area is 216 Å². The van der Waals surface area contributed by atoms with Gasteiger partial charge < -0.3 is 19.5 Å². The number of nitrogens with zero attached hydrogens (tertiary/aromatic N) is 1. The second kappa shape index (κ2) is 12.5. The molecule has 0 saturated heterocycles. The lowest BCUT2D eigenvalue weighted by Crippen LogP contribution is -2.41. The van der Waals surface area contributed by atoms with Gasteiger partial charge in [-0.1, -0.05) is 17.7 Å². The van der Waals surface area contributed by atoms with E-state index in [-0.39, 0.29) is 4.90 Å². The molecule has 0 fully saturated rings. The third-order valence-electron chi connectivity index (χ3n) is 5.31. The highest BCUT2D eigenvalue weighted by molar-refractivity contribution is 7.92. The van der Waals surface area contributed by atoms with E-state index in [1.54, 1.807) is 44.6 Å². The van der Waals surface area contributed by atoms with Crippen LogP contribution in [0.15, 0.2) is 71.6 Å². The lowest BCUT2D eigenvalue weighted by molar-refractivity contribution is -0.119. The topological polar surface area (TPSA) is 94.2 Å². The molecule has 3 aromatic carbocycles. The number of halogens is 1. The fraction of sp³-hybridized carbons (Fsp3) is 0.269. The van der Waals surface area contributed by atoms with Crippen LogP contribution in [-0.4, -0.2) is 48.2 Å². The smallest absolute Gasteiger partial charge is 0.264 e. The molecule has 0 unspecified atom stereocenters. The molecule has 0 aliphatic carbocycles. The molecule has 0 heterocycles. The molecule has 0 radical (unpaired) electrons. The standard InChI is InChI=1S/C26H29ClN2O6S/c1-4-35-22-10-8-21(9-11-22)29(36(31,32)23-12-6-20(27)7-13-23)18-26(30)28-16-15-19-5-14-24(33-2)25(17-19)34-3/h5-14,17H,4,15-16,18H2,1-3H3,(H,28,30). The Morgan fingerprint density at radius 3 is 2.22 bits per heavy atom. The Hall–Kier alpha value is -3.43. The van der Waals surface area contributed by atoms with Crippen molar-refractivity contribution in [3.8, 4) is 17.2 Å². The van der Waals surface area contributed by atoms with E-state index in [0.717, 1.165) is 9.87 Å². The zero-order valence-corrected chi connectivity index (χ0v) is 21.9. The minimum Gasteiger partial charge on any atom is -0.494 e. The van der Waals surface area contributed by atoms with E-state index in [4.69, 9.17) is 25.8 Å². The summed E-state index contributed by atoms with van der Waals surface area (Å²) in [6, 6.07) is 17.9. The summed E-state index contributed by atoms with van der Waals surface area (Å²) in [6.07, 6.45) is 0.527. The van der Waals surface area contributed by atoms with Gasteiger partial charge in [0.1, 0.15) is 12.3 Å². The predicted molar refractivity (Wildman–Crippen MR) is 140 cm³/mol. The minimum absolute atomic E-state index is 0.0268. The highest BCUT2D eigenvalue weighted by atomic mass is 35.5. The van der Waals surface area contributed by atoms with Gasteiger partial charge in [-0.2, -0.15) is 0 Å². The van der Waals surface area contributed by atoms with Crippen LogP contribution in [0.25, 0.3) is 0 Å². The second-order valence-electron chi connectivity index (χ2n) is 7.68. The largest absolute Gasteiger partial charge is 0.494 e. The van der Waals surface area contributed by atoms with Crippen molar-refractivity contribution in [2.75, 3.05) is 38.2 Å². The summed E-state index contributed by atoms with van der Waals surface area (Å²) in [5.41, 5.74) is 1.27. The van der Waals surface area contributed by atoms with E-state index in [9.17, 15) is 13.2 Å². The summed E-state index contributed by atoms with van der Waals surface area (Å²) in [5.74, 6) is 1.37. The third-order valence-corrected chi connectivity index (χ3v) is 7.35. The number of carbonyl (C=O) groups is 1. The van der Waals surface area contributed by atoms with Crippen molar-refractivity contribution >= 4 is 33.2 Å². The first kappa shape index (κ1) is 27.2. The Morgan fingerprint density at radius 1 is 0.944 bits per heavy atom. The lowest BCUT2D eigenvalue weighted by Gasteiger charge is -2.24. The van der Waals surface area contributed by atoms with Gasteiger partial charge in [0.25, 0.3) is 10.0 Å². The number of sulfonamides is 1. The number of carbonyl (C=O) groups excluding carboxylic acids is 1. The number of hydrogen-bond acceptors (Lipinski definition) is 6. The van der Waals surface area contributed by atoms with Gasteiger partial charge in [-0.3, -0.25) is 9.10 Å². The molecule has 0 aromatic heterocycles. The fourth-order valence-electron chi connectivity index (χ4n) is 3.49. The number of methoxy groups -OCH3 is 2. The number of nitrogens with one attached hydrogen (secondary N) is 1. The number of hydrogen-bond donors (Lipinski definition) is 1. The van der Waals surface area contributed by atoms with Crippen molar-refractivity contribution in [2.24, 2.45) is 0 Å². The molecule has 3 rings (SSSR count). The number of benzene rings is 3. The predicted octanol–water partition coefficient (Wildman–Crippen LogP) is 4.31. The molecule has 8 nitrogen and oxygen atoms in total. The minimum atomic E-state index is -4.04. The lowest BCUT2D eigenvalue weighted by atomic mass is 10.1. The fourth-order valence-corrected chi connectivity index (χ4v) is 5.04. The first-order valence-electron chi connectivity index (χ1n) is 11.3. The van der Waals surface area contributed by atoms with E-state index >= 15 is 0 Å². The molecular weight excluding hydrogens is 504 g/mol. The molecule has 0 atom stereocenters. The SMILES string of the molecule is CCOc1ccc(N(CC(=O)NCCc2ccc(OC)c(OC)c2)S(=O)(=O)c2ccc(Cl)cc2)cc1. The van der Waals surface area contributed by atoms with E-state index < -0.39 is 22.5 Å². The van der Waals surface area contributed by atoms with Crippen molar-refractivity contribution in [3.05, 3.63) is 77.3 Å². The monoisotopic (exact) mass is 532 g/mol. The Bertz CT molecular complexity index is 1260. The summed E-state index contributed by atoms with van der Waals surface area (Å²) in [6.45, 7) is 2.25.